The van der Waals surface area contributed by atoms with Crippen LogP contribution in [0.15, 0.2) is 0 Å². The molecule has 2 heterocycles. The van der Waals surface area contributed by atoms with Gasteiger partial charge in [-0.05, 0) is 6.92 Å². The van der Waals surface area contributed by atoms with Gasteiger partial charge in [0.15, 0.2) is 0 Å². The fourth-order valence-electron chi connectivity index (χ4n) is 2.66. The van der Waals surface area contributed by atoms with Crippen LogP contribution in [0.3, 0.4) is 0 Å². The summed E-state index contributed by atoms with van der Waals surface area (Å²) in [7, 11) is 0. The Labute approximate surface area is 127 Å². The Balaban J connectivity index is 1.76. The minimum atomic E-state index is -4.20. The molecule has 4 nitrogen and oxygen atoms in total. The van der Waals surface area contributed by atoms with E-state index in [1.54, 1.807) is 4.90 Å². The van der Waals surface area contributed by atoms with Crippen LogP contribution in [-0.2, 0) is 4.79 Å². The van der Waals surface area contributed by atoms with Crippen molar-refractivity contribution in [2.75, 3.05) is 44.2 Å². The third-order valence-electron chi connectivity index (χ3n) is 4.11. The molecule has 0 spiro atoms. The minimum absolute atomic E-state index is 0.0503. The van der Waals surface area contributed by atoms with Crippen LogP contribution >= 0.6 is 11.8 Å². The number of carbonyl (C=O) groups excluding carboxylic acids is 1. The lowest BCUT2D eigenvalue weighted by molar-refractivity contribution is -0.183. The Morgan fingerprint density at radius 1 is 1.33 bits per heavy atom. The SMILES string of the molecule is CC(N1CCN(C(=O)CC2CSCCN2)CC1)C(F)(F)F. The van der Waals surface area contributed by atoms with Gasteiger partial charge in [0, 0.05) is 56.7 Å². The highest BCUT2D eigenvalue weighted by Gasteiger charge is 2.41. The topological polar surface area (TPSA) is 35.6 Å². The molecule has 0 bridgehead atoms. The molecule has 2 unspecified atom stereocenters. The quantitative estimate of drug-likeness (QED) is 0.845. The Kier molecular flexibility index (Phi) is 5.79. The molecular formula is C13H22F3N3OS. The number of nitrogens with zero attached hydrogens (tertiary/aromatic N) is 2. The molecule has 0 aromatic heterocycles. The first kappa shape index (κ1) is 16.9. The van der Waals surface area contributed by atoms with Gasteiger partial charge in [-0.1, -0.05) is 0 Å². The van der Waals surface area contributed by atoms with Crippen molar-refractivity contribution in [1.29, 1.82) is 0 Å². The summed E-state index contributed by atoms with van der Waals surface area (Å²) in [6, 6.07) is -1.24. The Bertz CT molecular complexity index is 353. The zero-order valence-corrected chi connectivity index (χ0v) is 13.0. The number of alkyl halides is 3. The molecule has 1 N–H and O–H groups in total. The maximum atomic E-state index is 12.7. The lowest BCUT2D eigenvalue weighted by atomic mass is 10.1. The Morgan fingerprint density at radius 3 is 2.52 bits per heavy atom. The van der Waals surface area contributed by atoms with Crippen LogP contribution in [-0.4, -0.2) is 78.2 Å². The van der Waals surface area contributed by atoms with Crippen LogP contribution in [0.25, 0.3) is 0 Å². The van der Waals surface area contributed by atoms with Gasteiger partial charge < -0.3 is 10.2 Å². The van der Waals surface area contributed by atoms with Crippen molar-refractivity contribution in [2.24, 2.45) is 0 Å². The number of rotatable bonds is 3. The number of hydrogen-bond acceptors (Lipinski definition) is 4. The van der Waals surface area contributed by atoms with Gasteiger partial charge in [0.05, 0.1) is 0 Å². The molecule has 8 heteroatoms. The predicted molar refractivity (Wildman–Crippen MR) is 77.4 cm³/mol. The van der Waals surface area contributed by atoms with Gasteiger partial charge in [-0.25, -0.2) is 0 Å². The largest absolute Gasteiger partial charge is 0.403 e. The highest BCUT2D eigenvalue weighted by atomic mass is 32.2. The van der Waals surface area contributed by atoms with Crippen molar-refractivity contribution < 1.29 is 18.0 Å². The van der Waals surface area contributed by atoms with E-state index in [1.807, 2.05) is 11.8 Å². The maximum Gasteiger partial charge on any atom is 0.403 e. The molecule has 2 aliphatic heterocycles. The van der Waals surface area contributed by atoms with Crippen LogP contribution in [0.2, 0.25) is 0 Å². The lowest BCUT2D eigenvalue weighted by Gasteiger charge is -2.39. The molecule has 2 atom stereocenters. The van der Waals surface area contributed by atoms with E-state index in [2.05, 4.69) is 5.32 Å². The van der Waals surface area contributed by atoms with Crippen molar-refractivity contribution in [2.45, 2.75) is 31.6 Å². The highest BCUT2D eigenvalue weighted by Crippen LogP contribution is 2.25. The number of thioether (sulfide) groups is 1. The summed E-state index contributed by atoms with van der Waals surface area (Å²) in [6.07, 6.45) is -3.75. The Hall–Kier alpha value is -0.470. The number of halogens is 3. The summed E-state index contributed by atoms with van der Waals surface area (Å²) in [4.78, 5) is 15.3. The fraction of sp³-hybridized carbons (Fsp3) is 0.923. The molecule has 0 aromatic rings. The van der Waals surface area contributed by atoms with Crippen molar-refractivity contribution >= 4 is 17.7 Å². The molecule has 2 aliphatic rings. The molecule has 1 amide bonds. The average Bonchev–Trinajstić information content (AvgIpc) is 2.46. The van der Waals surface area contributed by atoms with Crippen LogP contribution < -0.4 is 5.32 Å². The van der Waals surface area contributed by atoms with Gasteiger partial charge >= 0.3 is 6.18 Å². The highest BCUT2D eigenvalue weighted by molar-refractivity contribution is 7.99. The van der Waals surface area contributed by atoms with Crippen LogP contribution in [0.5, 0.6) is 0 Å². The molecule has 2 saturated heterocycles. The minimum Gasteiger partial charge on any atom is -0.340 e. The molecule has 2 fully saturated rings. The van der Waals surface area contributed by atoms with Crippen molar-refractivity contribution in [3.63, 3.8) is 0 Å². The van der Waals surface area contributed by atoms with Gasteiger partial charge in [0.1, 0.15) is 6.04 Å². The summed E-state index contributed by atoms with van der Waals surface area (Å²) < 4.78 is 38.0. The van der Waals surface area contributed by atoms with Crippen LogP contribution in [0, 0.1) is 0 Å². The summed E-state index contributed by atoms with van der Waals surface area (Å²) in [5, 5.41) is 3.31. The first-order chi connectivity index (χ1) is 9.88. The van der Waals surface area contributed by atoms with E-state index in [4.69, 9.17) is 0 Å². The Morgan fingerprint density at radius 2 is 2.00 bits per heavy atom. The standard InChI is InChI=1S/C13H22F3N3OS/c1-10(13(14,15)16)18-3-5-19(6-4-18)12(20)8-11-9-21-7-2-17-11/h10-11,17H,2-9H2,1H3. The average molecular weight is 325 g/mol. The molecular weight excluding hydrogens is 303 g/mol. The van der Waals surface area contributed by atoms with Crippen LogP contribution in [0.4, 0.5) is 13.2 Å². The zero-order chi connectivity index (χ0) is 15.5. The first-order valence-corrected chi connectivity index (χ1v) is 8.43. The van der Waals surface area contributed by atoms with E-state index in [-0.39, 0.29) is 11.9 Å². The van der Waals surface area contributed by atoms with Gasteiger partial charge in [0.25, 0.3) is 0 Å². The third-order valence-corrected chi connectivity index (χ3v) is 5.24. The van der Waals surface area contributed by atoms with Crippen molar-refractivity contribution in [1.82, 2.24) is 15.1 Å². The smallest absolute Gasteiger partial charge is 0.340 e. The van der Waals surface area contributed by atoms with Crippen molar-refractivity contribution in [3.8, 4) is 0 Å². The van der Waals surface area contributed by atoms with Gasteiger partial charge in [-0.2, -0.15) is 24.9 Å². The van der Waals surface area contributed by atoms with E-state index in [0.29, 0.717) is 32.6 Å². The van der Waals surface area contributed by atoms with Crippen LogP contribution in [0.1, 0.15) is 13.3 Å². The molecule has 2 rings (SSSR count). The number of piperazine rings is 1. The summed E-state index contributed by atoms with van der Waals surface area (Å²) >= 11 is 1.83. The summed E-state index contributed by atoms with van der Waals surface area (Å²) in [5.74, 6) is 2.05. The van der Waals surface area contributed by atoms with E-state index >= 15 is 0 Å². The van der Waals surface area contributed by atoms with Gasteiger partial charge in [-0.3, -0.25) is 9.69 Å². The molecule has 0 radical (unpaired) electrons. The first-order valence-electron chi connectivity index (χ1n) is 7.27. The maximum absolute atomic E-state index is 12.7. The second-order valence-corrected chi connectivity index (χ2v) is 6.71. The fourth-order valence-corrected chi connectivity index (χ4v) is 3.61. The van der Waals surface area contributed by atoms with Gasteiger partial charge in [-0.15, -0.1) is 0 Å². The van der Waals surface area contributed by atoms with E-state index < -0.39 is 12.2 Å². The molecule has 0 aliphatic carbocycles. The van der Waals surface area contributed by atoms with Crippen molar-refractivity contribution in [3.05, 3.63) is 0 Å². The molecule has 21 heavy (non-hydrogen) atoms. The molecule has 0 saturated carbocycles. The molecule has 0 aromatic carbocycles. The second kappa shape index (κ2) is 7.19. The summed E-state index contributed by atoms with van der Waals surface area (Å²) in [5.41, 5.74) is 0. The van der Waals surface area contributed by atoms with Gasteiger partial charge in [0.2, 0.25) is 5.91 Å². The van der Waals surface area contributed by atoms with E-state index in [9.17, 15) is 18.0 Å². The number of amides is 1. The lowest BCUT2D eigenvalue weighted by Crippen LogP contribution is -2.55. The monoisotopic (exact) mass is 325 g/mol. The number of carbonyl (C=O) groups is 1. The molecule has 122 valence electrons. The number of hydrogen-bond donors (Lipinski definition) is 1. The van der Waals surface area contributed by atoms with E-state index in [1.165, 1.54) is 11.8 Å². The van der Waals surface area contributed by atoms with E-state index in [0.717, 1.165) is 18.1 Å². The summed E-state index contributed by atoms with van der Waals surface area (Å²) in [6.45, 7) is 3.46. The number of nitrogens with one attached hydrogen (secondary N) is 1. The second-order valence-electron chi connectivity index (χ2n) is 5.56. The third kappa shape index (κ3) is 4.75. The normalized spacial score (nSPS) is 26.7. The predicted octanol–water partition coefficient (Wildman–Crippen LogP) is 1.18. The zero-order valence-electron chi connectivity index (χ0n) is 12.2.